The predicted molar refractivity (Wildman–Crippen MR) is 104 cm³/mol. The Labute approximate surface area is 154 Å². The highest BCUT2D eigenvalue weighted by atomic mass is 79.9. The van der Waals surface area contributed by atoms with E-state index >= 15 is 0 Å². The van der Waals surface area contributed by atoms with Gasteiger partial charge in [-0.3, -0.25) is 4.79 Å². The van der Waals surface area contributed by atoms with Crippen LogP contribution in [-0.4, -0.2) is 18.7 Å². The van der Waals surface area contributed by atoms with Crippen molar-refractivity contribution >= 4 is 38.8 Å². The minimum atomic E-state index is -0.318. The average molecular weight is 397 g/mol. The van der Waals surface area contributed by atoms with Gasteiger partial charge in [-0.25, -0.2) is 5.43 Å². The van der Waals surface area contributed by atoms with E-state index in [4.69, 9.17) is 4.74 Å². The number of hydrogen-bond donors (Lipinski definition) is 1. The molecule has 0 fully saturated rings. The molecule has 3 aromatic rings. The lowest BCUT2D eigenvalue weighted by Crippen LogP contribution is -2.18. The molecular formula is C20H17BrN2O2. The highest BCUT2D eigenvalue weighted by molar-refractivity contribution is 9.10. The first-order chi connectivity index (χ1) is 12.2. The van der Waals surface area contributed by atoms with Crippen LogP contribution in [0.15, 0.2) is 70.2 Å². The smallest absolute Gasteiger partial charge is 0.275 e. The molecule has 5 heteroatoms. The maximum absolute atomic E-state index is 12.4. The Bertz CT molecular complexity index is 938. The summed E-state index contributed by atoms with van der Waals surface area (Å²) in [6.45, 7) is 2.36. The Balaban J connectivity index is 1.75. The maximum atomic E-state index is 12.4. The Morgan fingerprint density at radius 2 is 1.92 bits per heavy atom. The van der Waals surface area contributed by atoms with E-state index in [2.05, 4.69) is 32.5 Å². The molecule has 1 amide bonds. The van der Waals surface area contributed by atoms with Crippen LogP contribution >= 0.6 is 15.9 Å². The van der Waals surface area contributed by atoms with Gasteiger partial charge >= 0.3 is 0 Å². The van der Waals surface area contributed by atoms with Gasteiger partial charge in [0.25, 0.3) is 5.91 Å². The van der Waals surface area contributed by atoms with Gasteiger partial charge in [0, 0.05) is 4.47 Å². The highest BCUT2D eigenvalue weighted by Crippen LogP contribution is 2.23. The molecule has 0 aliphatic heterocycles. The minimum absolute atomic E-state index is 0.318. The third kappa shape index (κ3) is 4.25. The number of rotatable bonds is 5. The van der Waals surface area contributed by atoms with Gasteiger partial charge in [-0.15, -0.1) is 0 Å². The fourth-order valence-electron chi connectivity index (χ4n) is 2.47. The fraction of sp³-hybridized carbons (Fsp3) is 0.100. The average Bonchev–Trinajstić information content (AvgIpc) is 2.63. The van der Waals surface area contributed by atoms with Crippen molar-refractivity contribution in [3.05, 3.63) is 76.3 Å². The van der Waals surface area contributed by atoms with Crippen LogP contribution in [0.5, 0.6) is 5.75 Å². The predicted octanol–water partition coefficient (Wildman–Crippen LogP) is 4.76. The number of hydrazone groups is 1. The molecule has 0 heterocycles. The number of benzene rings is 3. The first-order valence-electron chi connectivity index (χ1n) is 7.92. The summed E-state index contributed by atoms with van der Waals surface area (Å²) in [4.78, 5) is 12.4. The number of nitrogens with one attached hydrogen (secondary N) is 1. The summed E-state index contributed by atoms with van der Waals surface area (Å²) >= 11 is 3.37. The maximum Gasteiger partial charge on any atom is 0.275 e. The van der Waals surface area contributed by atoms with E-state index in [1.165, 1.54) is 5.39 Å². The summed E-state index contributed by atoms with van der Waals surface area (Å²) in [5.74, 6) is 0.214. The molecule has 3 rings (SSSR count). The number of carbonyl (C=O) groups is 1. The van der Waals surface area contributed by atoms with Crippen LogP contribution in [0.1, 0.15) is 22.8 Å². The molecule has 0 radical (unpaired) electrons. The Morgan fingerprint density at radius 3 is 2.72 bits per heavy atom. The molecule has 0 aliphatic carbocycles. The summed E-state index contributed by atoms with van der Waals surface area (Å²) < 4.78 is 6.30. The Kier molecular flexibility index (Phi) is 5.46. The van der Waals surface area contributed by atoms with Crippen molar-refractivity contribution in [3.63, 3.8) is 0 Å². The van der Waals surface area contributed by atoms with Crippen molar-refractivity contribution in [2.24, 2.45) is 5.10 Å². The molecule has 0 spiro atoms. The number of fused-ring (bicyclic) bond motifs is 1. The van der Waals surface area contributed by atoms with Gasteiger partial charge in [0.05, 0.1) is 18.4 Å². The van der Waals surface area contributed by atoms with Crippen LogP contribution in [0.2, 0.25) is 0 Å². The lowest BCUT2D eigenvalue weighted by Gasteiger charge is -2.09. The first kappa shape index (κ1) is 17.2. The van der Waals surface area contributed by atoms with Gasteiger partial charge in [-0.05, 0) is 47.5 Å². The molecule has 0 aliphatic rings. The van der Waals surface area contributed by atoms with Crippen molar-refractivity contribution in [1.29, 1.82) is 0 Å². The molecule has 126 valence electrons. The van der Waals surface area contributed by atoms with E-state index in [0.29, 0.717) is 17.9 Å². The summed E-state index contributed by atoms with van der Waals surface area (Å²) in [5, 5.41) is 6.35. The molecule has 25 heavy (non-hydrogen) atoms. The van der Waals surface area contributed by atoms with Gasteiger partial charge < -0.3 is 4.74 Å². The quantitative estimate of drug-likeness (QED) is 0.498. The summed E-state index contributed by atoms with van der Waals surface area (Å²) in [7, 11) is 0. The van der Waals surface area contributed by atoms with Gasteiger partial charge in [0.15, 0.2) is 0 Å². The molecule has 1 N–H and O–H groups in total. The van der Waals surface area contributed by atoms with Crippen LogP contribution in [0, 0.1) is 0 Å². The van der Waals surface area contributed by atoms with Crippen molar-refractivity contribution in [2.75, 3.05) is 6.61 Å². The fourth-order valence-corrected chi connectivity index (χ4v) is 2.84. The topological polar surface area (TPSA) is 50.7 Å². The largest absolute Gasteiger partial charge is 0.493 e. The van der Waals surface area contributed by atoms with Gasteiger partial charge in [0.1, 0.15) is 5.75 Å². The standard InChI is InChI=1S/C20H17BrN2O2/c1-2-25-19-10-9-17(21)12-18(19)20(24)23-22-13-14-7-8-15-5-3-4-6-16(15)11-14/h3-13H,2H2,1H3,(H,23,24). The number of hydrogen-bond acceptors (Lipinski definition) is 3. The van der Waals surface area contributed by atoms with Crippen LogP contribution in [-0.2, 0) is 0 Å². The van der Waals surface area contributed by atoms with E-state index in [9.17, 15) is 4.79 Å². The van der Waals surface area contributed by atoms with Gasteiger partial charge in [0.2, 0.25) is 0 Å². The zero-order valence-corrected chi connectivity index (χ0v) is 15.3. The third-order valence-electron chi connectivity index (χ3n) is 3.64. The third-order valence-corrected chi connectivity index (χ3v) is 4.13. The second-order valence-corrected chi connectivity index (χ2v) is 6.29. The lowest BCUT2D eigenvalue weighted by atomic mass is 10.1. The summed E-state index contributed by atoms with van der Waals surface area (Å²) in [6, 6.07) is 19.4. The molecule has 0 unspecified atom stereocenters. The highest BCUT2D eigenvalue weighted by Gasteiger charge is 2.12. The number of nitrogens with zero attached hydrogens (tertiary/aromatic N) is 1. The van der Waals surface area contributed by atoms with Gasteiger partial charge in [-0.1, -0.05) is 52.3 Å². The summed E-state index contributed by atoms with van der Waals surface area (Å²) in [6.07, 6.45) is 1.63. The number of carbonyl (C=O) groups excluding carboxylic acids is 1. The van der Waals surface area contributed by atoms with E-state index in [1.807, 2.05) is 49.4 Å². The molecule has 0 atom stereocenters. The number of amides is 1. The van der Waals surface area contributed by atoms with Crippen molar-refractivity contribution < 1.29 is 9.53 Å². The Hall–Kier alpha value is -2.66. The van der Waals surface area contributed by atoms with Crippen LogP contribution < -0.4 is 10.2 Å². The van der Waals surface area contributed by atoms with Crippen LogP contribution in [0.4, 0.5) is 0 Å². The minimum Gasteiger partial charge on any atom is -0.493 e. The normalized spacial score (nSPS) is 11.0. The van der Waals surface area contributed by atoms with Crippen molar-refractivity contribution in [2.45, 2.75) is 6.92 Å². The van der Waals surface area contributed by atoms with Crippen LogP contribution in [0.25, 0.3) is 10.8 Å². The molecule has 0 saturated heterocycles. The van der Waals surface area contributed by atoms with E-state index in [-0.39, 0.29) is 5.91 Å². The second-order valence-electron chi connectivity index (χ2n) is 5.38. The zero-order valence-electron chi connectivity index (χ0n) is 13.7. The molecule has 0 bridgehead atoms. The SMILES string of the molecule is CCOc1ccc(Br)cc1C(=O)NN=Cc1ccc2ccccc2c1. The summed E-state index contributed by atoms with van der Waals surface area (Å²) in [5.41, 5.74) is 3.90. The van der Waals surface area contributed by atoms with E-state index in [0.717, 1.165) is 15.4 Å². The van der Waals surface area contributed by atoms with Crippen molar-refractivity contribution in [1.82, 2.24) is 5.43 Å². The molecule has 4 nitrogen and oxygen atoms in total. The molecule has 0 saturated carbocycles. The van der Waals surface area contributed by atoms with E-state index in [1.54, 1.807) is 18.3 Å². The number of ether oxygens (including phenoxy) is 1. The van der Waals surface area contributed by atoms with Crippen molar-refractivity contribution in [3.8, 4) is 5.75 Å². The second kappa shape index (κ2) is 7.94. The molecule has 3 aromatic carbocycles. The van der Waals surface area contributed by atoms with E-state index < -0.39 is 0 Å². The first-order valence-corrected chi connectivity index (χ1v) is 8.71. The molecular weight excluding hydrogens is 380 g/mol. The van der Waals surface area contributed by atoms with Crippen LogP contribution in [0.3, 0.4) is 0 Å². The number of halogens is 1. The lowest BCUT2D eigenvalue weighted by molar-refractivity contribution is 0.0951. The molecule has 0 aromatic heterocycles. The Morgan fingerprint density at radius 1 is 1.12 bits per heavy atom. The zero-order chi connectivity index (χ0) is 17.6. The monoisotopic (exact) mass is 396 g/mol. The van der Waals surface area contributed by atoms with Gasteiger partial charge in [-0.2, -0.15) is 5.10 Å².